The number of benzene rings is 1. The van der Waals surface area contributed by atoms with Gasteiger partial charge in [0.15, 0.2) is 0 Å². The molecule has 1 amide bonds. The summed E-state index contributed by atoms with van der Waals surface area (Å²) < 4.78 is 38.4. The smallest absolute Gasteiger partial charge is 0.325 e. The first-order valence-corrected chi connectivity index (χ1v) is 9.53. The Morgan fingerprint density at radius 2 is 1.69 bits per heavy atom. The summed E-state index contributed by atoms with van der Waals surface area (Å²) in [5.74, 6) is 2.75. The minimum absolute atomic E-state index is 0.184. The molecule has 1 aromatic carbocycles. The summed E-state index contributed by atoms with van der Waals surface area (Å²) in [6.07, 6.45) is 1.99. The molecule has 3 nitrogen and oxygen atoms in total. The number of rotatable bonds is 4. The highest BCUT2D eigenvalue weighted by Crippen LogP contribution is 2.53. The molecule has 0 aromatic heterocycles. The lowest BCUT2D eigenvalue weighted by atomic mass is 9.54. The van der Waals surface area contributed by atoms with E-state index < -0.39 is 17.8 Å². The van der Waals surface area contributed by atoms with Crippen molar-refractivity contribution in [2.24, 2.45) is 23.7 Å². The number of anilines is 1. The highest BCUT2D eigenvalue weighted by Gasteiger charge is 2.48. The number of carbonyl (C=O) groups is 1. The molecule has 5 rings (SSSR count). The molecule has 0 spiro atoms. The zero-order valence-corrected chi connectivity index (χ0v) is 14.9. The summed E-state index contributed by atoms with van der Waals surface area (Å²) in [4.78, 5) is 12.5. The molecule has 4 bridgehead atoms. The summed E-state index contributed by atoms with van der Waals surface area (Å²) in [6.45, 7) is 1.80. The van der Waals surface area contributed by atoms with Gasteiger partial charge in [0, 0.05) is 11.7 Å². The fourth-order valence-electron chi connectivity index (χ4n) is 5.59. The molecule has 0 radical (unpaired) electrons. The molecule has 0 unspecified atom stereocenters. The Morgan fingerprint density at radius 1 is 1.08 bits per heavy atom. The molecule has 4 aliphatic rings. The SMILES string of the molecule is C[C@@H](NC1C2CC3CC(C2)CC1C3)C(=O)Nc1cccc(C(F)(F)F)c1. The first kappa shape index (κ1) is 17.8. The van der Waals surface area contributed by atoms with E-state index in [2.05, 4.69) is 10.6 Å². The van der Waals surface area contributed by atoms with Crippen LogP contribution in [-0.2, 0) is 11.0 Å². The zero-order chi connectivity index (χ0) is 18.5. The summed E-state index contributed by atoms with van der Waals surface area (Å²) >= 11 is 0. The van der Waals surface area contributed by atoms with E-state index >= 15 is 0 Å². The van der Waals surface area contributed by atoms with Crippen LogP contribution in [0.15, 0.2) is 24.3 Å². The normalized spacial score (nSPS) is 33.9. The van der Waals surface area contributed by atoms with Crippen LogP contribution in [0.4, 0.5) is 18.9 Å². The molecule has 4 aliphatic carbocycles. The molecule has 1 aromatic rings. The van der Waals surface area contributed by atoms with Gasteiger partial charge in [-0.2, -0.15) is 13.2 Å². The minimum Gasteiger partial charge on any atom is -0.325 e. The number of alkyl halides is 3. The van der Waals surface area contributed by atoms with Crippen molar-refractivity contribution in [1.82, 2.24) is 5.32 Å². The third-order valence-corrected chi connectivity index (χ3v) is 6.52. The fourth-order valence-corrected chi connectivity index (χ4v) is 5.59. The molecule has 0 heterocycles. The Labute approximate surface area is 151 Å². The van der Waals surface area contributed by atoms with Crippen molar-refractivity contribution < 1.29 is 18.0 Å². The molecule has 0 aliphatic heterocycles. The average Bonchev–Trinajstić information content (AvgIpc) is 2.56. The molecule has 4 saturated carbocycles. The van der Waals surface area contributed by atoms with Gasteiger partial charge in [0.2, 0.25) is 5.91 Å². The van der Waals surface area contributed by atoms with Crippen LogP contribution >= 0.6 is 0 Å². The number of amides is 1. The maximum atomic E-state index is 12.8. The van der Waals surface area contributed by atoms with E-state index in [1.165, 1.54) is 44.2 Å². The van der Waals surface area contributed by atoms with Crippen molar-refractivity contribution in [3.63, 3.8) is 0 Å². The second-order valence-electron chi connectivity index (χ2n) is 8.41. The quantitative estimate of drug-likeness (QED) is 0.827. The maximum Gasteiger partial charge on any atom is 0.416 e. The lowest BCUT2D eigenvalue weighted by Gasteiger charge is -2.55. The highest BCUT2D eigenvalue weighted by molar-refractivity contribution is 5.94. The molecule has 142 valence electrons. The Bertz CT molecular complexity index is 660. The third-order valence-electron chi connectivity index (χ3n) is 6.52. The molecule has 0 saturated heterocycles. The molecular weight excluding hydrogens is 341 g/mol. The minimum atomic E-state index is -4.41. The maximum absolute atomic E-state index is 12.8. The van der Waals surface area contributed by atoms with Gasteiger partial charge in [-0.1, -0.05) is 6.07 Å². The van der Waals surface area contributed by atoms with Crippen molar-refractivity contribution in [1.29, 1.82) is 0 Å². The van der Waals surface area contributed by atoms with Gasteiger partial charge in [-0.05, 0) is 80.9 Å². The van der Waals surface area contributed by atoms with Crippen LogP contribution in [0.25, 0.3) is 0 Å². The van der Waals surface area contributed by atoms with Crippen molar-refractivity contribution in [2.75, 3.05) is 5.32 Å². The predicted octanol–water partition coefficient (Wildman–Crippen LogP) is 4.45. The molecule has 4 fully saturated rings. The average molecular weight is 366 g/mol. The topological polar surface area (TPSA) is 41.1 Å². The Morgan fingerprint density at radius 3 is 2.27 bits per heavy atom. The van der Waals surface area contributed by atoms with Crippen LogP contribution < -0.4 is 10.6 Å². The number of hydrogen-bond donors (Lipinski definition) is 2. The lowest BCUT2D eigenvalue weighted by Crippen LogP contribution is -2.58. The van der Waals surface area contributed by atoms with Crippen molar-refractivity contribution in [2.45, 2.75) is 57.3 Å². The molecule has 1 atom stereocenters. The van der Waals surface area contributed by atoms with E-state index in [-0.39, 0.29) is 11.6 Å². The lowest BCUT2D eigenvalue weighted by molar-refractivity contribution is -0.137. The largest absolute Gasteiger partial charge is 0.416 e. The highest BCUT2D eigenvalue weighted by atomic mass is 19.4. The predicted molar refractivity (Wildman–Crippen MR) is 93.5 cm³/mol. The monoisotopic (exact) mass is 366 g/mol. The van der Waals surface area contributed by atoms with Gasteiger partial charge in [-0.15, -0.1) is 0 Å². The van der Waals surface area contributed by atoms with Crippen LogP contribution in [-0.4, -0.2) is 18.0 Å². The van der Waals surface area contributed by atoms with Crippen molar-refractivity contribution >= 4 is 11.6 Å². The van der Waals surface area contributed by atoms with E-state index in [0.29, 0.717) is 17.9 Å². The van der Waals surface area contributed by atoms with Gasteiger partial charge in [0.1, 0.15) is 0 Å². The summed E-state index contributed by atoms with van der Waals surface area (Å²) in [6, 6.07) is 4.73. The molecular formula is C20H25F3N2O. The van der Waals surface area contributed by atoms with Gasteiger partial charge in [-0.25, -0.2) is 0 Å². The van der Waals surface area contributed by atoms with Crippen LogP contribution in [0, 0.1) is 23.7 Å². The number of carbonyl (C=O) groups excluding carboxylic acids is 1. The Balaban J connectivity index is 1.38. The van der Waals surface area contributed by atoms with Gasteiger partial charge >= 0.3 is 6.18 Å². The Kier molecular flexibility index (Phi) is 4.49. The number of hydrogen-bond acceptors (Lipinski definition) is 2. The zero-order valence-electron chi connectivity index (χ0n) is 14.9. The Hall–Kier alpha value is -1.56. The van der Waals surface area contributed by atoms with Crippen LogP contribution in [0.2, 0.25) is 0 Å². The second kappa shape index (κ2) is 6.55. The van der Waals surface area contributed by atoms with Gasteiger partial charge in [-0.3, -0.25) is 4.79 Å². The fraction of sp³-hybridized carbons (Fsp3) is 0.650. The summed E-state index contributed by atoms with van der Waals surface area (Å²) in [7, 11) is 0. The van der Waals surface area contributed by atoms with Gasteiger partial charge in [0.05, 0.1) is 11.6 Å². The van der Waals surface area contributed by atoms with Crippen LogP contribution in [0.5, 0.6) is 0 Å². The van der Waals surface area contributed by atoms with Crippen LogP contribution in [0.3, 0.4) is 0 Å². The number of halogens is 3. The summed E-state index contributed by atoms with van der Waals surface area (Å²) in [5.41, 5.74) is -0.569. The first-order chi connectivity index (χ1) is 12.3. The first-order valence-electron chi connectivity index (χ1n) is 9.53. The van der Waals surface area contributed by atoms with E-state index in [9.17, 15) is 18.0 Å². The summed E-state index contributed by atoms with van der Waals surface area (Å²) in [5, 5.41) is 6.12. The molecule has 6 heteroatoms. The van der Waals surface area contributed by atoms with E-state index in [0.717, 1.165) is 24.0 Å². The van der Waals surface area contributed by atoms with Crippen molar-refractivity contribution in [3.8, 4) is 0 Å². The molecule has 2 N–H and O–H groups in total. The van der Waals surface area contributed by atoms with Gasteiger partial charge in [0.25, 0.3) is 0 Å². The second-order valence-corrected chi connectivity index (χ2v) is 8.41. The van der Waals surface area contributed by atoms with E-state index in [1.807, 2.05) is 0 Å². The molecule has 26 heavy (non-hydrogen) atoms. The van der Waals surface area contributed by atoms with Crippen LogP contribution in [0.1, 0.15) is 44.6 Å². The van der Waals surface area contributed by atoms with E-state index in [1.54, 1.807) is 6.92 Å². The van der Waals surface area contributed by atoms with Crippen molar-refractivity contribution in [3.05, 3.63) is 29.8 Å². The van der Waals surface area contributed by atoms with E-state index in [4.69, 9.17) is 0 Å². The standard InChI is InChI=1S/C20H25F3N2O/c1-11(19(26)25-17-4-2-3-16(10-17)20(21,22)23)24-18-14-6-12-5-13(8-14)9-15(18)7-12/h2-4,10-15,18,24H,5-9H2,1H3,(H,25,26)/t11-,12?,13?,14?,15?,18?/m1/s1. The third kappa shape index (κ3) is 3.48. The van der Waals surface area contributed by atoms with Gasteiger partial charge < -0.3 is 10.6 Å². The number of nitrogens with one attached hydrogen (secondary N) is 2.